The molecule has 0 aromatic carbocycles. The van der Waals surface area contributed by atoms with E-state index in [1.165, 1.54) is 6.26 Å². The Bertz CT molecular complexity index is 66.5. The molecule has 40 valence electrons. The van der Waals surface area contributed by atoms with Crippen LogP contribution in [0.15, 0.2) is 12.8 Å². The molecular formula is C5H8O2. The Morgan fingerprint density at radius 3 is 2.71 bits per heavy atom. The predicted molar refractivity (Wildman–Crippen MR) is 25.6 cm³/mol. The first-order chi connectivity index (χ1) is 3.43. The highest BCUT2D eigenvalue weighted by Gasteiger charge is 2.16. The van der Waals surface area contributed by atoms with Crippen molar-refractivity contribution in [3.05, 3.63) is 12.8 Å². The Balaban J connectivity index is 2.03. The van der Waals surface area contributed by atoms with Crippen LogP contribution in [0.3, 0.4) is 0 Å². The second-order valence-electron chi connectivity index (χ2n) is 1.39. The smallest absolute Gasteiger partial charge is 0.201 e. The lowest BCUT2D eigenvalue weighted by Crippen LogP contribution is -2.27. The summed E-state index contributed by atoms with van der Waals surface area (Å²) in [6, 6.07) is 0. The molecule has 0 bridgehead atoms. The van der Waals surface area contributed by atoms with Gasteiger partial charge in [-0.1, -0.05) is 6.58 Å². The van der Waals surface area contributed by atoms with Crippen LogP contribution in [0.5, 0.6) is 0 Å². The lowest BCUT2D eigenvalue weighted by atomic mass is 10.3. The quantitative estimate of drug-likeness (QED) is 0.480. The minimum atomic E-state index is 0.0116. The van der Waals surface area contributed by atoms with Gasteiger partial charge in [-0.3, -0.25) is 0 Å². The summed E-state index contributed by atoms with van der Waals surface area (Å²) in [6.45, 7) is 4.21. The van der Waals surface area contributed by atoms with E-state index in [1.807, 2.05) is 0 Å². The van der Waals surface area contributed by atoms with E-state index in [9.17, 15) is 0 Å². The Morgan fingerprint density at radius 1 is 1.86 bits per heavy atom. The van der Waals surface area contributed by atoms with Crippen molar-refractivity contribution in [3.8, 4) is 0 Å². The summed E-state index contributed by atoms with van der Waals surface area (Å²) < 4.78 is 9.70. The summed E-state index contributed by atoms with van der Waals surface area (Å²) in [6.07, 6.45) is 2.42. The standard InChI is InChI=1S/C5H8O2/c1-2-6-5-3-4-7-5/h2,5H,1,3-4H2. The molecule has 1 saturated heterocycles. The van der Waals surface area contributed by atoms with Crippen molar-refractivity contribution in [2.45, 2.75) is 12.7 Å². The molecule has 1 aliphatic heterocycles. The zero-order chi connectivity index (χ0) is 5.11. The number of rotatable bonds is 2. The Hall–Kier alpha value is -0.500. The first-order valence-electron chi connectivity index (χ1n) is 2.31. The van der Waals surface area contributed by atoms with Gasteiger partial charge in [-0.15, -0.1) is 0 Å². The van der Waals surface area contributed by atoms with Gasteiger partial charge in [-0.25, -0.2) is 0 Å². The van der Waals surface area contributed by atoms with E-state index in [4.69, 9.17) is 9.47 Å². The fourth-order valence-corrected chi connectivity index (χ4v) is 0.429. The largest absolute Gasteiger partial charge is 0.473 e. The summed E-state index contributed by atoms with van der Waals surface area (Å²) in [5.41, 5.74) is 0. The molecule has 0 aromatic rings. The number of hydrogen-bond acceptors (Lipinski definition) is 2. The minimum Gasteiger partial charge on any atom is -0.473 e. The maximum Gasteiger partial charge on any atom is 0.201 e. The van der Waals surface area contributed by atoms with Crippen LogP contribution in [0.4, 0.5) is 0 Å². The Kier molecular flexibility index (Phi) is 1.32. The molecule has 1 rings (SSSR count). The average molecular weight is 100 g/mol. The molecule has 0 spiro atoms. The zero-order valence-electron chi connectivity index (χ0n) is 4.09. The molecule has 7 heavy (non-hydrogen) atoms. The molecule has 2 nitrogen and oxygen atoms in total. The van der Waals surface area contributed by atoms with Crippen LogP contribution in [-0.2, 0) is 9.47 Å². The van der Waals surface area contributed by atoms with Gasteiger partial charge in [0.05, 0.1) is 12.9 Å². The van der Waals surface area contributed by atoms with Gasteiger partial charge in [0.1, 0.15) is 0 Å². The molecule has 1 heterocycles. The molecule has 0 N–H and O–H groups in total. The monoisotopic (exact) mass is 100 g/mol. The van der Waals surface area contributed by atoms with Crippen LogP contribution >= 0.6 is 0 Å². The van der Waals surface area contributed by atoms with Crippen molar-refractivity contribution in [2.24, 2.45) is 0 Å². The molecule has 0 saturated carbocycles. The third-order valence-corrected chi connectivity index (χ3v) is 0.905. The van der Waals surface area contributed by atoms with Crippen molar-refractivity contribution in [1.29, 1.82) is 0 Å². The van der Waals surface area contributed by atoms with Crippen LogP contribution in [0, 0.1) is 0 Å². The van der Waals surface area contributed by atoms with Gasteiger partial charge in [0.25, 0.3) is 0 Å². The average Bonchev–Trinajstić information content (AvgIpc) is 1.55. The third kappa shape index (κ3) is 0.933. The topological polar surface area (TPSA) is 18.5 Å². The van der Waals surface area contributed by atoms with Gasteiger partial charge in [0.2, 0.25) is 6.29 Å². The van der Waals surface area contributed by atoms with Crippen LogP contribution in [-0.4, -0.2) is 12.9 Å². The second kappa shape index (κ2) is 1.98. The summed E-state index contributed by atoms with van der Waals surface area (Å²) in [4.78, 5) is 0. The van der Waals surface area contributed by atoms with Gasteiger partial charge in [-0.2, -0.15) is 0 Å². The first-order valence-corrected chi connectivity index (χ1v) is 2.31. The lowest BCUT2D eigenvalue weighted by Gasteiger charge is -2.24. The van der Waals surface area contributed by atoms with E-state index in [0.29, 0.717) is 0 Å². The van der Waals surface area contributed by atoms with E-state index in [2.05, 4.69) is 6.58 Å². The van der Waals surface area contributed by atoms with Gasteiger partial charge in [-0.05, 0) is 0 Å². The number of ether oxygens (including phenoxy) is 2. The van der Waals surface area contributed by atoms with Crippen molar-refractivity contribution in [1.82, 2.24) is 0 Å². The van der Waals surface area contributed by atoms with E-state index in [-0.39, 0.29) is 6.29 Å². The molecule has 0 aliphatic carbocycles. The Morgan fingerprint density at radius 2 is 2.57 bits per heavy atom. The summed E-state index contributed by atoms with van der Waals surface area (Å²) >= 11 is 0. The maximum atomic E-state index is 4.88. The lowest BCUT2D eigenvalue weighted by molar-refractivity contribution is -0.186. The van der Waals surface area contributed by atoms with Gasteiger partial charge in [0, 0.05) is 6.42 Å². The molecule has 0 amide bonds. The van der Waals surface area contributed by atoms with Crippen LogP contribution in [0.25, 0.3) is 0 Å². The summed E-state index contributed by atoms with van der Waals surface area (Å²) in [5.74, 6) is 0. The fourth-order valence-electron chi connectivity index (χ4n) is 0.429. The summed E-state index contributed by atoms with van der Waals surface area (Å²) in [5, 5.41) is 0. The molecule has 0 radical (unpaired) electrons. The van der Waals surface area contributed by atoms with E-state index >= 15 is 0 Å². The molecular weight excluding hydrogens is 92.1 g/mol. The third-order valence-electron chi connectivity index (χ3n) is 0.905. The maximum absolute atomic E-state index is 4.88. The van der Waals surface area contributed by atoms with E-state index in [0.717, 1.165) is 13.0 Å². The molecule has 1 unspecified atom stereocenters. The highest BCUT2D eigenvalue weighted by Crippen LogP contribution is 2.11. The Labute approximate surface area is 42.7 Å². The van der Waals surface area contributed by atoms with E-state index < -0.39 is 0 Å². The SMILES string of the molecule is C=COC1CCO1. The molecule has 1 atom stereocenters. The van der Waals surface area contributed by atoms with Crippen LogP contribution in [0.1, 0.15) is 6.42 Å². The first kappa shape index (κ1) is 4.65. The molecule has 2 heteroatoms. The normalized spacial score (nSPS) is 28.3. The molecule has 1 aliphatic rings. The fraction of sp³-hybridized carbons (Fsp3) is 0.600. The second-order valence-corrected chi connectivity index (χ2v) is 1.39. The van der Waals surface area contributed by atoms with Crippen molar-refractivity contribution in [3.63, 3.8) is 0 Å². The van der Waals surface area contributed by atoms with Crippen molar-refractivity contribution >= 4 is 0 Å². The van der Waals surface area contributed by atoms with E-state index in [1.54, 1.807) is 0 Å². The van der Waals surface area contributed by atoms with Crippen molar-refractivity contribution < 1.29 is 9.47 Å². The van der Waals surface area contributed by atoms with Crippen LogP contribution < -0.4 is 0 Å². The van der Waals surface area contributed by atoms with Gasteiger partial charge >= 0.3 is 0 Å². The zero-order valence-corrected chi connectivity index (χ0v) is 4.09. The summed E-state index contributed by atoms with van der Waals surface area (Å²) in [7, 11) is 0. The minimum absolute atomic E-state index is 0.0116. The predicted octanol–water partition coefficient (Wildman–Crippen LogP) is 0.893. The number of hydrogen-bond donors (Lipinski definition) is 0. The van der Waals surface area contributed by atoms with Crippen molar-refractivity contribution in [2.75, 3.05) is 6.61 Å². The van der Waals surface area contributed by atoms with Crippen LogP contribution in [0.2, 0.25) is 0 Å². The van der Waals surface area contributed by atoms with Gasteiger partial charge < -0.3 is 9.47 Å². The highest BCUT2D eigenvalue weighted by atomic mass is 16.7. The highest BCUT2D eigenvalue weighted by molar-refractivity contribution is 4.59. The molecule has 0 aromatic heterocycles. The molecule has 1 fully saturated rings. The van der Waals surface area contributed by atoms with Gasteiger partial charge in [0.15, 0.2) is 0 Å².